The molecule has 0 spiro atoms. The average molecular weight is 151 g/mol. The van der Waals surface area contributed by atoms with Crippen LogP contribution in [0.4, 0.5) is 5.95 Å². The zero-order chi connectivity index (χ0) is 7.84. The summed E-state index contributed by atoms with van der Waals surface area (Å²) in [5, 5.41) is 7.61. The number of nitrogen functional groups attached to an aromatic ring is 1. The topological polar surface area (TPSA) is 67.9 Å². The molecule has 1 aromatic rings. The van der Waals surface area contributed by atoms with E-state index in [0.29, 0.717) is 0 Å². The highest BCUT2D eigenvalue weighted by atomic mass is 15.3. The van der Waals surface area contributed by atoms with Crippen molar-refractivity contribution < 1.29 is 0 Å². The third-order valence-corrected chi connectivity index (χ3v) is 1.70. The molecule has 0 bridgehead atoms. The van der Waals surface area contributed by atoms with Crippen LogP contribution in [-0.4, -0.2) is 27.1 Å². The lowest BCUT2D eigenvalue weighted by Crippen LogP contribution is -2.07. The van der Waals surface area contributed by atoms with Gasteiger partial charge in [0.2, 0.25) is 5.95 Å². The van der Waals surface area contributed by atoms with Crippen LogP contribution in [0.2, 0.25) is 0 Å². The second kappa shape index (κ2) is 2.13. The second-order valence-electron chi connectivity index (χ2n) is 2.74. The summed E-state index contributed by atoms with van der Waals surface area (Å²) in [4.78, 5) is 6.18. The SMILES string of the molecule is CN1Cc2nnc(N)nc2C1. The second-order valence-corrected chi connectivity index (χ2v) is 2.74. The molecule has 1 aliphatic heterocycles. The number of nitrogens with zero attached hydrogens (tertiary/aromatic N) is 4. The van der Waals surface area contributed by atoms with Gasteiger partial charge in [0.15, 0.2) is 0 Å². The Morgan fingerprint density at radius 3 is 2.82 bits per heavy atom. The van der Waals surface area contributed by atoms with Gasteiger partial charge in [-0.3, -0.25) is 4.90 Å². The van der Waals surface area contributed by atoms with E-state index in [1.165, 1.54) is 0 Å². The van der Waals surface area contributed by atoms with Crippen LogP contribution in [-0.2, 0) is 13.1 Å². The van der Waals surface area contributed by atoms with Crippen molar-refractivity contribution in [2.75, 3.05) is 12.8 Å². The lowest BCUT2D eigenvalue weighted by Gasteiger charge is -2.01. The van der Waals surface area contributed by atoms with E-state index in [1.54, 1.807) is 0 Å². The Morgan fingerprint density at radius 2 is 2.00 bits per heavy atom. The van der Waals surface area contributed by atoms with Gasteiger partial charge < -0.3 is 5.73 Å². The number of hydrogen-bond acceptors (Lipinski definition) is 5. The number of hydrogen-bond donors (Lipinski definition) is 1. The molecule has 0 aromatic carbocycles. The van der Waals surface area contributed by atoms with Gasteiger partial charge in [-0.05, 0) is 7.05 Å². The maximum Gasteiger partial charge on any atom is 0.240 e. The maximum absolute atomic E-state index is 5.37. The summed E-state index contributed by atoms with van der Waals surface area (Å²) in [6.07, 6.45) is 0. The highest BCUT2D eigenvalue weighted by Gasteiger charge is 2.18. The fraction of sp³-hybridized carbons (Fsp3) is 0.500. The molecule has 0 atom stereocenters. The number of anilines is 1. The zero-order valence-electron chi connectivity index (χ0n) is 6.28. The Hall–Kier alpha value is -1.23. The van der Waals surface area contributed by atoms with Gasteiger partial charge in [0.25, 0.3) is 0 Å². The van der Waals surface area contributed by atoms with E-state index in [0.717, 1.165) is 24.5 Å². The van der Waals surface area contributed by atoms with Gasteiger partial charge >= 0.3 is 0 Å². The Kier molecular flexibility index (Phi) is 1.25. The van der Waals surface area contributed by atoms with Crippen LogP contribution >= 0.6 is 0 Å². The third-order valence-electron chi connectivity index (χ3n) is 1.70. The molecule has 5 nitrogen and oxygen atoms in total. The van der Waals surface area contributed by atoms with Gasteiger partial charge in [0.05, 0.1) is 5.69 Å². The summed E-state index contributed by atoms with van der Waals surface area (Å²) in [7, 11) is 2.01. The van der Waals surface area contributed by atoms with Crippen molar-refractivity contribution in [2.45, 2.75) is 13.1 Å². The molecule has 1 aliphatic rings. The zero-order valence-corrected chi connectivity index (χ0v) is 6.28. The van der Waals surface area contributed by atoms with E-state index in [2.05, 4.69) is 20.1 Å². The summed E-state index contributed by atoms with van der Waals surface area (Å²) < 4.78 is 0. The van der Waals surface area contributed by atoms with E-state index in [4.69, 9.17) is 5.73 Å². The van der Waals surface area contributed by atoms with Crippen LogP contribution in [0.3, 0.4) is 0 Å². The molecular weight excluding hydrogens is 142 g/mol. The molecule has 2 N–H and O–H groups in total. The Labute approximate surface area is 64.2 Å². The molecule has 58 valence electrons. The van der Waals surface area contributed by atoms with E-state index in [9.17, 15) is 0 Å². The lowest BCUT2D eigenvalue weighted by molar-refractivity contribution is 0.349. The minimum atomic E-state index is 0.263. The Bertz CT molecular complexity index is 284. The lowest BCUT2D eigenvalue weighted by atomic mass is 10.4. The summed E-state index contributed by atoms with van der Waals surface area (Å²) in [5.74, 6) is 0.263. The Balaban J connectivity index is 2.43. The van der Waals surface area contributed by atoms with Crippen molar-refractivity contribution in [3.63, 3.8) is 0 Å². The van der Waals surface area contributed by atoms with Crippen molar-refractivity contribution >= 4 is 5.95 Å². The first-order valence-electron chi connectivity index (χ1n) is 3.42. The molecule has 0 radical (unpaired) electrons. The van der Waals surface area contributed by atoms with E-state index < -0.39 is 0 Å². The van der Waals surface area contributed by atoms with Crippen LogP contribution < -0.4 is 5.73 Å². The molecule has 2 heterocycles. The molecule has 1 aromatic heterocycles. The molecule has 0 unspecified atom stereocenters. The largest absolute Gasteiger partial charge is 0.366 e. The predicted octanol–water partition coefficient (Wildman–Crippen LogP) is -0.601. The van der Waals surface area contributed by atoms with Gasteiger partial charge in [-0.25, -0.2) is 4.98 Å². The minimum absolute atomic E-state index is 0.263. The Morgan fingerprint density at radius 1 is 1.27 bits per heavy atom. The number of rotatable bonds is 0. The van der Waals surface area contributed by atoms with Gasteiger partial charge in [0, 0.05) is 13.1 Å². The molecule has 11 heavy (non-hydrogen) atoms. The molecule has 0 fully saturated rings. The van der Waals surface area contributed by atoms with E-state index in [-0.39, 0.29) is 5.95 Å². The highest BCUT2D eigenvalue weighted by Crippen LogP contribution is 2.15. The third kappa shape index (κ3) is 1.03. The summed E-state index contributed by atoms with van der Waals surface area (Å²) >= 11 is 0. The summed E-state index contributed by atoms with van der Waals surface area (Å²) in [5.41, 5.74) is 7.28. The van der Waals surface area contributed by atoms with Gasteiger partial charge in [-0.2, -0.15) is 0 Å². The first-order valence-corrected chi connectivity index (χ1v) is 3.42. The monoisotopic (exact) mass is 151 g/mol. The normalized spacial score (nSPS) is 16.8. The summed E-state index contributed by atoms with van der Waals surface area (Å²) in [6, 6.07) is 0. The van der Waals surface area contributed by atoms with Crippen molar-refractivity contribution in [1.82, 2.24) is 20.1 Å². The van der Waals surface area contributed by atoms with Crippen molar-refractivity contribution in [2.24, 2.45) is 0 Å². The first kappa shape index (κ1) is 6.48. The smallest absolute Gasteiger partial charge is 0.240 e. The maximum atomic E-state index is 5.37. The number of fused-ring (bicyclic) bond motifs is 1. The van der Waals surface area contributed by atoms with Gasteiger partial charge in [-0.1, -0.05) is 0 Å². The standard InChI is InChI=1S/C6H9N5/c1-11-2-4-5(3-11)9-10-6(7)8-4/h2-3H2,1H3,(H2,7,8,10). The number of nitrogens with two attached hydrogens (primary N) is 1. The first-order chi connectivity index (χ1) is 5.25. The van der Waals surface area contributed by atoms with Crippen LogP contribution in [0.1, 0.15) is 11.4 Å². The molecule has 5 heteroatoms. The minimum Gasteiger partial charge on any atom is -0.366 e. The fourth-order valence-corrected chi connectivity index (χ4v) is 1.21. The van der Waals surface area contributed by atoms with Crippen LogP contribution in [0, 0.1) is 0 Å². The molecule has 2 rings (SSSR count). The van der Waals surface area contributed by atoms with Crippen molar-refractivity contribution in [3.8, 4) is 0 Å². The fourth-order valence-electron chi connectivity index (χ4n) is 1.21. The molecule has 0 aliphatic carbocycles. The molecule has 0 saturated heterocycles. The average Bonchev–Trinajstić information content (AvgIpc) is 2.27. The van der Waals surface area contributed by atoms with Crippen LogP contribution in [0.15, 0.2) is 0 Å². The predicted molar refractivity (Wildman–Crippen MR) is 39.4 cm³/mol. The molecule has 0 amide bonds. The van der Waals surface area contributed by atoms with Crippen LogP contribution in [0.5, 0.6) is 0 Å². The quantitative estimate of drug-likeness (QED) is 0.536. The number of aromatic nitrogens is 3. The van der Waals surface area contributed by atoms with Crippen LogP contribution in [0.25, 0.3) is 0 Å². The van der Waals surface area contributed by atoms with Gasteiger partial charge in [0.1, 0.15) is 5.69 Å². The van der Waals surface area contributed by atoms with Gasteiger partial charge in [-0.15, -0.1) is 10.2 Å². The van der Waals surface area contributed by atoms with Crippen molar-refractivity contribution in [3.05, 3.63) is 11.4 Å². The molecule has 0 saturated carbocycles. The molecular formula is C6H9N5. The van der Waals surface area contributed by atoms with Crippen molar-refractivity contribution in [1.29, 1.82) is 0 Å². The summed E-state index contributed by atoms with van der Waals surface area (Å²) in [6.45, 7) is 1.66. The van der Waals surface area contributed by atoms with E-state index >= 15 is 0 Å². The van der Waals surface area contributed by atoms with E-state index in [1.807, 2.05) is 7.05 Å². The highest BCUT2D eigenvalue weighted by molar-refractivity contribution is 5.21.